The molecular weight excluding hydrogens is 220 g/mol. The molecule has 0 saturated heterocycles. The quantitative estimate of drug-likeness (QED) is 0.815. The van der Waals surface area contributed by atoms with E-state index in [0.29, 0.717) is 11.8 Å². The molecule has 0 bridgehead atoms. The highest BCUT2D eigenvalue weighted by atomic mass is 19.1. The van der Waals surface area contributed by atoms with Gasteiger partial charge in [-0.3, -0.25) is 0 Å². The summed E-state index contributed by atoms with van der Waals surface area (Å²) in [5, 5.41) is 3.07. The minimum atomic E-state index is -0.505. The second-order valence-electron chi connectivity index (χ2n) is 5.15. The molecule has 1 nitrogen and oxygen atoms in total. The molecule has 0 aliphatic heterocycles. The minimum absolute atomic E-state index is 0.0260. The van der Waals surface area contributed by atoms with E-state index in [9.17, 15) is 8.78 Å². The van der Waals surface area contributed by atoms with Gasteiger partial charge in [0.05, 0.1) is 0 Å². The van der Waals surface area contributed by atoms with Crippen LogP contribution in [0.2, 0.25) is 0 Å². The van der Waals surface area contributed by atoms with Crippen LogP contribution in [-0.2, 0) is 0 Å². The summed E-state index contributed by atoms with van der Waals surface area (Å²) in [7, 11) is 0. The summed E-state index contributed by atoms with van der Waals surface area (Å²) in [5.41, 5.74) is 0.0260. The molecule has 1 aliphatic carbocycles. The van der Waals surface area contributed by atoms with Gasteiger partial charge in [-0.25, -0.2) is 8.78 Å². The SMILES string of the molecule is CC1CCCC(C)C1Nc1c(F)cccc1F. The smallest absolute Gasteiger partial charge is 0.149 e. The van der Waals surface area contributed by atoms with E-state index >= 15 is 0 Å². The van der Waals surface area contributed by atoms with Gasteiger partial charge in [-0.15, -0.1) is 0 Å². The monoisotopic (exact) mass is 239 g/mol. The van der Waals surface area contributed by atoms with Crippen molar-refractivity contribution in [1.29, 1.82) is 0 Å². The maximum atomic E-state index is 13.6. The Kier molecular flexibility index (Phi) is 3.65. The Bertz CT molecular complexity index is 362. The van der Waals surface area contributed by atoms with Crippen LogP contribution in [0.5, 0.6) is 0 Å². The van der Waals surface area contributed by atoms with Gasteiger partial charge in [-0.1, -0.05) is 26.3 Å². The molecule has 17 heavy (non-hydrogen) atoms. The molecule has 1 aromatic carbocycles. The molecule has 0 radical (unpaired) electrons. The minimum Gasteiger partial charge on any atom is -0.377 e. The normalized spacial score (nSPS) is 29.1. The number of hydrogen-bond acceptors (Lipinski definition) is 1. The Hall–Kier alpha value is -1.12. The lowest BCUT2D eigenvalue weighted by molar-refractivity contribution is 0.267. The zero-order valence-electron chi connectivity index (χ0n) is 10.3. The van der Waals surface area contributed by atoms with Gasteiger partial charge in [0.15, 0.2) is 0 Å². The van der Waals surface area contributed by atoms with Crippen molar-refractivity contribution in [3.8, 4) is 0 Å². The van der Waals surface area contributed by atoms with Gasteiger partial charge in [0.1, 0.15) is 17.3 Å². The fourth-order valence-electron chi connectivity index (χ4n) is 2.77. The van der Waals surface area contributed by atoms with Crippen molar-refractivity contribution in [1.82, 2.24) is 0 Å². The summed E-state index contributed by atoms with van der Waals surface area (Å²) in [6.45, 7) is 4.29. The van der Waals surface area contributed by atoms with Crippen molar-refractivity contribution in [2.45, 2.75) is 39.2 Å². The fraction of sp³-hybridized carbons (Fsp3) is 0.571. The van der Waals surface area contributed by atoms with Crippen LogP contribution in [0.15, 0.2) is 18.2 Å². The molecule has 1 aliphatic rings. The highest BCUT2D eigenvalue weighted by molar-refractivity contribution is 5.47. The molecular formula is C14H19F2N. The molecule has 0 aromatic heterocycles. The first-order valence-corrected chi connectivity index (χ1v) is 6.30. The van der Waals surface area contributed by atoms with E-state index in [1.165, 1.54) is 24.6 Å². The number of nitrogens with one attached hydrogen (secondary N) is 1. The van der Waals surface area contributed by atoms with Gasteiger partial charge in [0, 0.05) is 6.04 Å². The molecule has 2 rings (SSSR count). The zero-order valence-corrected chi connectivity index (χ0v) is 10.3. The molecule has 94 valence electrons. The van der Waals surface area contributed by atoms with Crippen LogP contribution in [0.25, 0.3) is 0 Å². The van der Waals surface area contributed by atoms with Crippen LogP contribution < -0.4 is 5.32 Å². The van der Waals surface area contributed by atoms with Gasteiger partial charge in [-0.05, 0) is 36.8 Å². The zero-order chi connectivity index (χ0) is 12.4. The summed E-state index contributed by atoms with van der Waals surface area (Å²) >= 11 is 0. The third-order valence-corrected chi connectivity index (χ3v) is 3.82. The Morgan fingerprint density at radius 1 is 1.06 bits per heavy atom. The van der Waals surface area contributed by atoms with Crippen LogP contribution in [-0.4, -0.2) is 6.04 Å². The molecule has 1 fully saturated rings. The van der Waals surface area contributed by atoms with Gasteiger partial charge < -0.3 is 5.32 Å². The molecule has 2 unspecified atom stereocenters. The highest BCUT2D eigenvalue weighted by Gasteiger charge is 2.28. The molecule has 1 saturated carbocycles. The van der Waals surface area contributed by atoms with E-state index in [2.05, 4.69) is 19.2 Å². The Balaban J connectivity index is 2.19. The molecule has 0 amide bonds. The molecule has 1 aromatic rings. The Morgan fingerprint density at radius 2 is 1.59 bits per heavy atom. The van der Waals surface area contributed by atoms with Crippen LogP contribution >= 0.6 is 0 Å². The lowest BCUT2D eigenvalue weighted by Crippen LogP contribution is -2.37. The largest absolute Gasteiger partial charge is 0.377 e. The van der Waals surface area contributed by atoms with Gasteiger partial charge in [0.25, 0.3) is 0 Å². The van der Waals surface area contributed by atoms with Crippen molar-refractivity contribution < 1.29 is 8.78 Å². The Morgan fingerprint density at radius 3 is 2.12 bits per heavy atom. The van der Waals surface area contributed by atoms with E-state index in [-0.39, 0.29) is 11.7 Å². The van der Waals surface area contributed by atoms with E-state index in [4.69, 9.17) is 0 Å². The lowest BCUT2D eigenvalue weighted by Gasteiger charge is -2.36. The fourth-order valence-corrected chi connectivity index (χ4v) is 2.77. The number of hydrogen-bond donors (Lipinski definition) is 1. The van der Waals surface area contributed by atoms with Crippen LogP contribution in [0.3, 0.4) is 0 Å². The number of benzene rings is 1. The summed E-state index contributed by atoms with van der Waals surface area (Å²) in [5.74, 6) is -0.0968. The molecule has 0 heterocycles. The summed E-state index contributed by atoms with van der Waals surface area (Å²) < 4.78 is 27.1. The van der Waals surface area contributed by atoms with E-state index in [0.717, 1.165) is 12.8 Å². The molecule has 2 atom stereocenters. The second kappa shape index (κ2) is 5.03. The number of rotatable bonds is 2. The van der Waals surface area contributed by atoms with Crippen LogP contribution in [0, 0.1) is 23.5 Å². The van der Waals surface area contributed by atoms with Crippen molar-refractivity contribution in [2.24, 2.45) is 11.8 Å². The van der Waals surface area contributed by atoms with E-state index < -0.39 is 11.6 Å². The number of halogens is 2. The predicted molar refractivity (Wildman–Crippen MR) is 65.9 cm³/mol. The second-order valence-corrected chi connectivity index (χ2v) is 5.15. The first kappa shape index (κ1) is 12.3. The average molecular weight is 239 g/mol. The topological polar surface area (TPSA) is 12.0 Å². The van der Waals surface area contributed by atoms with Crippen molar-refractivity contribution >= 4 is 5.69 Å². The third kappa shape index (κ3) is 2.59. The maximum absolute atomic E-state index is 13.6. The summed E-state index contributed by atoms with van der Waals surface area (Å²) in [6, 6.07) is 4.15. The van der Waals surface area contributed by atoms with Crippen molar-refractivity contribution in [2.75, 3.05) is 5.32 Å². The lowest BCUT2D eigenvalue weighted by atomic mass is 9.78. The highest BCUT2D eigenvalue weighted by Crippen LogP contribution is 2.32. The maximum Gasteiger partial charge on any atom is 0.149 e. The van der Waals surface area contributed by atoms with E-state index in [1.54, 1.807) is 0 Å². The third-order valence-electron chi connectivity index (χ3n) is 3.82. The van der Waals surface area contributed by atoms with Gasteiger partial charge >= 0.3 is 0 Å². The summed E-state index contributed by atoms with van der Waals surface area (Å²) in [4.78, 5) is 0. The van der Waals surface area contributed by atoms with Crippen molar-refractivity contribution in [3.63, 3.8) is 0 Å². The first-order chi connectivity index (χ1) is 8.09. The molecule has 3 heteroatoms. The average Bonchev–Trinajstić information content (AvgIpc) is 2.27. The predicted octanol–water partition coefficient (Wildman–Crippen LogP) is 4.20. The standard InChI is InChI=1S/C14H19F2N/c1-9-5-3-6-10(2)13(9)17-14-11(15)7-4-8-12(14)16/h4,7-10,13,17H,3,5-6H2,1-2H3. The van der Waals surface area contributed by atoms with Crippen molar-refractivity contribution in [3.05, 3.63) is 29.8 Å². The summed E-state index contributed by atoms with van der Waals surface area (Å²) in [6.07, 6.45) is 3.45. The van der Waals surface area contributed by atoms with Crippen LogP contribution in [0.1, 0.15) is 33.1 Å². The molecule has 1 N–H and O–H groups in total. The van der Waals surface area contributed by atoms with Gasteiger partial charge in [-0.2, -0.15) is 0 Å². The Labute approximate surface area is 101 Å². The molecule has 0 spiro atoms. The van der Waals surface area contributed by atoms with E-state index in [1.807, 2.05) is 0 Å². The number of para-hydroxylation sites is 1. The first-order valence-electron chi connectivity index (χ1n) is 6.30. The van der Waals surface area contributed by atoms with Crippen LogP contribution in [0.4, 0.5) is 14.5 Å². The van der Waals surface area contributed by atoms with Gasteiger partial charge in [0.2, 0.25) is 0 Å². The number of anilines is 1.